The number of halogens is 1. The van der Waals surface area contributed by atoms with Gasteiger partial charge in [0.05, 0.1) is 6.54 Å². The summed E-state index contributed by atoms with van der Waals surface area (Å²) in [7, 11) is 2.11. The average Bonchev–Trinajstić information content (AvgIpc) is 2.66. The van der Waals surface area contributed by atoms with Crippen LogP contribution in [0.4, 0.5) is 0 Å². The first-order valence-electron chi connectivity index (χ1n) is 9.73. The second-order valence-electron chi connectivity index (χ2n) is 7.00. The van der Waals surface area contributed by atoms with E-state index in [-0.39, 0.29) is 0 Å². The van der Waals surface area contributed by atoms with E-state index in [1.165, 1.54) is 18.7 Å². The Bertz CT molecular complexity index is 552. The van der Waals surface area contributed by atoms with Gasteiger partial charge >= 0.3 is 0 Å². The number of benzene rings is 1. The van der Waals surface area contributed by atoms with Gasteiger partial charge in [-0.05, 0) is 38.1 Å². The molecule has 0 bridgehead atoms. The van der Waals surface area contributed by atoms with Crippen molar-refractivity contribution >= 4 is 21.9 Å². The van der Waals surface area contributed by atoms with Gasteiger partial charge in [0.25, 0.3) is 0 Å². The highest BCUT2D eigenvalue weighted by Crippen LogP contribution is 2.12. The molecule has 146 valence electrons. The summed E-state index contributed by atoms with van der Waals surface area (Å²) in [5.41, 5.74) is 1.28. The van der Waals surface area contributed by atoms with Crippen molar-refractivity contribution in [1.82, 2.24) is 20.0 Å². The van der Waals surface area contributed by atoms with E-state index in [2.05, 4.69) is 88.0 Å². The molecule has 26 heavy (non-hydrogen) atoms. The zero-order valence-corrected chi connectivity index (χ0v) is 18.3. The molecule has 6 heteroatoms. The first-order valence-corrected chi connectivity index (χ1v) is 10.5. The topological polar surface area (TPSA) is 34.1 Å². The Morgan fingerprint density at radius 1 is 1.19 bits per heavy atom. The summed E-state index contributed by atoms with van der Waals surface area (Å²) < 4.78 is 1.11. The SMILES string of the molecule is CCNC(=NCC(C)N1CCN(CC)CC1)N(C)Cc1ccc(Br)cc1. The Kier molecular flexibility index (Phi) is 8.88. The number of hydrogen-bond acceptors (Lipinski definition) is 3. The highest BCUT2D eigenvalue weighted by atomic mass is 79.9. The number of guanidine groups is 1. The van der Waals surface area contributed by atoms with Crippen molar-refractivity contribution in [3.8, 4) is 0 Å². The molecule has 0 radical (unpaired) electrons. The molecule has 0 aliphatic carbocycles. The summed E-state index contributed by atoms with van der Waals surface area (Å²) >= 11 is 3.49. The zero-order valence-electron chi connectivity index (χ0n) is 16.7. The van der Waals surface area contributed by atoms with E-state index in [1.807, 2.05) is 0 Å². The maximum absolute atomic E-state index is 4.91. The molecule has 1 aliphatic heterocycles. The van der Waals surface area contributed by atoms with Crippen LogP contribution in [0, 0.1) is 0 Å². The molecule has 1 N–H and O–H groups in total. The minimum Gasteiger partial charge on any atom is -0.357 e. The molecule has 1 atom stereocenters. The summed E-state index contributed by atoms with van der Waals surface area (Å²) in [6, 6.07) is 8.96. The summed E-state index contributed by atoms with van der Waals surface area (Å²) in [5.74, 6) is 0.981. The van der Waals surface area contributed by atoms with E-state index >= 15 is 0 Å². The van der Waals surface area contributed by atoms with Crippen LogP contribution in [0.15, 0.2) is 33.7 Å². The molecule has 1 unspecified atom stereocenters. The Morgan fingerprint density at radius 3 is 2.42 bits per heavy atom. The normalized spacial score (nSPS) is 18.0. The zero-order chi connectivity index (χ0) is 18.9. The third-order valence-corrected chi connectivity index (χ3v) is 5.54. The molecule has 1 heterocycles. The van der Waals surface area contributed by atoms with Gasteiger partial charge in [-0.25, -0.2) is 0 Å². The number of hydrogen-bond donors (Lipinski definition) is 1. The van der Waals surface area contributed by atoms with Gasteiger partial charge in [-0.15, -0.1) is 0 Å². The number of rotatable bonds is 7. The van der Waals surface area contributed by atoms with Crippen LogP contribution in [-0.2, 0) is 6.54 Å². The predicted molar refractivity (Wildman–Crippen MR) is 115 cm³/mol. The lowest BCUT2D eigenvalue weighted by atomic mass is 10.2. The second-order valence-corrected chi connectivity index (χ2v) is 7.91. The number of nitrogens with one attached hydrogen (secondary N) is 1. The second kappa shape index (κ2) is 10.9. The molecule has 1 fully saturated rings. The Labute approximate surface area is 167 Å². The van der Waals surface area contributed by atoms with Gasteiger partial charge in [0.15, 0.2) is 5.96 Å². The van der Waals surface area contributed by atoms with Crippen molar-refractivity contribution in [1.29, 1.82) is 0 Å². The molecule has 1 aliphatic rings. The Balaban J connectivity index is 1.91. The van der Waals surface area contributed by atoms with Crippen LogP contribution in [0.25, 0.3) is 0 Å². The minimum atomic E-state index is 0.476. The number of aliphatic imine (C=N–C) groups is 1. The Morgan fingerprint density at radius 2 is 1.85 bits per heavy atom. The van der Waals surface area contributed by atoms with Gasteiger partial charge in [-0.1, -0.05) is 35.0 Å². The van der Waals surface area contributed by atoms with E-state index in [4.69, 9.17) is 4.99 Å². The first kappa shape index (κ1) is 21.2. The van der Waals surface area contributed by atoms with Crippen LogP contribution in [0.2, 0.25) is 0 Å². The third-order valence-electron chi connectivity index (χ3n) is 5.01. The Hall–Kier alpha value is -1.11. The highest BCUT2D eigenvalue weighted by Gasteiger charge is 2.20. The largest absolute Gasteiger partial charge is 0.357 e. The monoisotopic (exact) mass is 423 g/mol. The van der Waals surface area contributed by atoms with Gasteiger partial charge in [-0.2, -0.15) is 0 Å². The van der Waals surface area contributed by atoms with Crippen molar-refractivity contribution in [3.05, 3.63) is 34.3 Å². The van der Waals surface area contributed by atoms with Crippen LogP contribution in [0.3, 0.4) is 0 Å². The maximum Gasteiger partial charge on any atom is 0.194 e. The molecule has 1 aromatic rings. The lowest BCUT2D eigenvalue weighted by Crippen LogP contribution is -2.50. The fraction of sp³-hybridized carbons (Fsp3) is 0.650. The summed E-state index contributed by atoms with van der Waals surface area (Å²) in [5, 5.41) is 3.43. The molecule has 1 saturated heterocycles. The quantitative estimate of drug-likeness (QED) is 0.539. The van der Waals surface area contributed by atoms with E-state index < -0.39 is 0 Å². The summed E-state index contributed by atoms with van der Waals surface area (Å²) in [4.78, 5) is 12.2. The van der Waals surface area contributed by atoms with Crippen LogP contribution in [0.1, 0.15) is 26.3 Å². The van der Waals surface area contributed by atoms with Gasteiger partial charge < -0.3 is 15.1 Å². The molecule has 0 amide bonds. The van der Waals surface area contributed by atoms with E-state index in [0.717, 1.165) is 49.7 Å². The molecule has 1 aromatic carbocycles. The van der Waals surface area contributed by atoms with Gasteiger partial charge in [0, 0.05) is 56.8 Å². The fourth-order valence-electron chi connectivity index (χ4n) is 3.26. The first-order chi connectivity index (χ1) is 12.5. The molecule has 0 spiro atoms. The van der Waals surface area contributed by atoms with E-state index in [0.29, 0.717) is 6.04 Å². The lowest BCUT2D eigenvalue weighted by Gasteiger charge is -2.37. The minimum absolute atomic E-state index is 0.476. The molecule has 0 aromatic heterocycles. The van der Waals surface area contributed by atoms with Crippen molar-refractivity contribution in [2.75, 3.05) is 52.9 Å². The van der Waals surface area contributed by atoms with Crippen molar-refractivity contribution < 1.29 is 0 Å². The van der Waals surface area contributed by atoms with Crippen molar-refractivity contribution in [2.45, 2.75) is 33.4 Å². The molecule has 0 saturated carbocycles. The number of nitrogens with zero attached hydrogens (tertiary/aromatic N) is 4. The summed E-state index contributed by atoms with van der Waals surface area (Å²) in [6.07, 6.45) is 0. The smallest absolute Gasteiger partial charge is 0.194 e. The van der Waals surface area contributed by atoms with Crippen LogP contribution in [-0.4, -0.2) is 79.6 Å². The van der Waals surface area contributed by atoms with Crippen LogP contribution in [0.5, 0.6) is 0 Å². The highest BCUT2D eigenvalue weighted by molar-refractivity contribution is 9.10. The van der Waals surface area contributed by atoms with Crippen molar-refractivity contribution in [2.24, 2.45) is 4.99 Å². The summed E-state index contributed by atoms with van der Waals surface area (Å²) in [6.45, 7) is 15.0. The average molecular weight is 424 g/mol. The van der Waals surface area contributed by atoms with Crippen LogP contribution >= 0.6 is 15.9 Å². The van der Waals surface area contributed by atoms with E-state index in [1.54, 1.807) is 0 Å². The molecule has 2 rings (SSSR count). The standard InChI is InChI=1S/C20H34BrN5/c1-5-22-20(24(4)16-18-7-9-19(21)10-8-18)23-15-17(3)26-13-11-25(6-2)12-14-26/h7-10,17H,5-6,11-16H2,1-4H3,(H,22,23). The van der Waals surface area contributed by atoms with Gasteiger partial charge in [0.2, 0.25) is 0 Å². The lowest BCUT2D eigenvalue weighted by molar-refractivity contribution is 0.109. The van der Waals surface area contributed by atoms with Gasteiger partial charge in [0.1, 0.15) is 0 Å². The van der Waals surface area contributed by atoms with Crippen LogP contribution < -0.4 is 5.32 Å². The molecule has 5 nitrogen and oxygen atoms in total. The maximum atomic E-state index is 4.91. The van der Waals surface area contributed by atoms with E-state index in [9.17, 15) is 0 Å². The fourth-order valence-corrected chi connectivity index (χ4v) is 3.53. The van der Waals surface area contributed by atoms with Crippen molar-refractivity contribution in [3.63, 3.8) is 0 Å². The van der Waals surface area contributed by atoms with Gasteiger partial charge in [-0.3, -0.25) is 9.89 Å². The molecular formula is C20H34BrN5. The predicted octanol–water partition coefficient (Wildman–Crippen LogP) is 2.87. The third kappa shape index (κ3) is 6.56. The molecular weight excluding hydrogens is 390 g/mol. The number of piperazine rings is 1. The number of likely N-dealkylation sites (N-methyl/N-ethyl adjacent to an activating group) is 1.